The third-order valence-corrected chi connectivity index (χ3v) is 1.83. The maximum Gasteiger partial charge on any atom is 0.143 e. The standard InChI is InChI=1S/C8H8ClNO2/c1-5(10-12)6-3-2-4-7(9)8(6)11/h2-4,11-12H,1H3/b10-5+. The van der Waals surface area contributed by atoms with Gasteiger partial charge in [-0.05, 0) is 19.1 Å². The van der Waals surface area contributed by atoms with Crippen molar-refractivity contribution in [2.45, 2.75) is 6.92 Å². The Balaban J connectivity index is 3.26. The molecule has 1 aromatic rings. The quantitative estimate of drug-likeness (QED) is 0.401. The number of phenols is 1. The molecule has 1 aromatic carbocycles. The SMILES string of the molecule is C/C(=N\O)c1cccc(Cl)c1O. The van der Waals surface area contributed by atoms with Crippen LogP contribution in [0.5, 0.6) is 5.75 Å². The molecule has 12 heavy (non-hydrogen) atoms. The lowest BCUT2D eigenvalue weighted by molar-refractivity contribution is 0.318. The zero-order valence-corrected chi connectivity index (χ0v) is 7.21. The Hall–Kier alpha value is -1.22. The number of hydrogen-bond donors (Lipinski definition) is 2. The molecule has 0 unspecified atom stereocenters. The van der Waals surface area contributed by atoms with Crippen molar-refractivity contribution in [3.63, 3.8) is 0 Å². The van der Waals surface area contributed by atoms with Gasteiger partial charge in [-0.2, -0.15) is 0 Å². The third-order valence-electron chi connectivity index (χ3n) is 1.53. The van der Waals surface area contributed by atoms with E-state index in [0.717, 1.165) is 0 Å². The fraction of sp³-hybridized carbons (Fsp3) is 0.125. The summed E-state index contributed by atoms with van der Waals surface area (Å²) < 4.78 is 0. The molecule has 3 nitrogen and oxygen atoms in total. The van der Waals surface area contributed by atoms with Gasteiger partial charge in [0, 0.05) is 5.56 Å². The molecule has 0 fully saturated rings. The lowest BCUT2D eigenvalue weighted by Crippen LogP contribution is -1.94. The number of aromatic hydroxyl groups is 1. The van der Waals surface area contributed by atoms with E-state index in [2.05, 4.69) is 5.16 Å². The van der Waals surface area contributed by atoms with Gasteiger partial charge in [-0.15, -0.1) is 0 Å². The molecule has 0 aliphatic rings. The minimum absolute atomic E-state index is 0.0607. The molecular weight excluding hydrogens is 178 g/mol. The van der Waals surface area contributed by atoms with E-state index in [1.807, 2.05) is 0 Å². The lowest BCUT2D eigenvalue weighted by Gasteiger charge is -2.02. The molecule has 0 amide bonds. The van der Waals surface area contributed by atoms with Crippen LogP contribution in [0, 0.1) is 0 Å². The van der Waals surface area contributed by atoms with Gasteiger partial charge < -0.3 is 10.3 Å². The minimum atomic E-state index is -0.0607. The van der Waals surface area contributed by atoms with Crippen molar-refractivity contribution in [2.75, 3.05) is 0 Å². The first-order chi connectivity index (χ1) is 5.66. The summed E-state index contributed by atoms with van der Waals surface area (Å²) in [5.41, 5.74) is 0.764. The summed E-state index contributed by atoms with van der Waals surface area (Å²) in [6, 6.07) is 4.85. The molecular formula is C8H8ClNO2. The monoisotopic (exact) mass is 185 g/mol. The molecule has 0 aliphatic heterocycles. The van der Waals surface area contributed by atoms with Gasteiger partial charge in [-0.3, -0.25) is 0 Å². The molecule has 4 heteroatoms. The minimum Gasteiger partial charge on any atom is -0.506 e. The molecule has 0 atom stereocenters. The fourth-order valence-corrected chi connectivity index (χ4v) is 1.04. The van der Waals surface area contributed by atoms with E-state index >= 15 is 0 Å². The molecule has 2 N–H and O–H groups in total. The molecule has 0 heterocycles. The largest absolute Gasteiger partial charge is 0.506 e. The van der Waals surface area contributed by atoms with Gasteiger partial charge in [0.25, 0.3) is 0 Å². The van der Waals surface area contributed by atoms with Crippen LogP contribution in [0.2, 0.25) is 5.02 Å². The Labute approximate surface area is 74.9 Å². The van der Waals surface area contributed by atoms with Crippen LogP contribution in [-0.4, -0.2) is 16.0 Å². The lowest BCUT2D eigenvalue weighted by atomic mass is 10.1. The number of rotatable bonds is 1. The van der Waals surface area contributed by atoms with E-state index in [0.29, 0.717) is 11.3 Å². The maximum absolute atomic E-state index is 9.38. The Morgan fingerprint density at radius 1 is 1.50 bits per heavy atom. The topological polar surface area (TPSA) is 52.8 Å². The van der Waals surface area contributed by atoms with Crippen LogP contribution in [0.25, 0.3) is 0 Å². The number of halogens is 1. The summed E-state index contributed by atoms with van der Waals surface area (Å²) in [6.07, 6.45) is 0. The van der Waals surface area contributed by atoms with Crippen LogP contribution in [0.15, 0.2) is 23.4 Å². The van der Waals surface area contributed by atoms with Crippen LogP contribution in [0.4, 0.5) is 0 Å². The number of oxime groups is 1. The van der Waals surface area contributed by atoms with Gasteiger partial charge in [0.05, 0.1) is 10.7 Å². The second-order valence-electron chi connectivity index (χ2n) is 2.32. The van der Waals surface area contributed by atoms with Gasteiger partial charge in [0.2, 0.25) is 0 Å². The second kappa shape index (κ2) is 3.45. The Morgan fingerprint density at radius 3 is 2.75 bits per heavy atom. The number of hydrogen-bond acceptors (Lipinski definition) is 3. The molecule has 0 spiro atoms. The Morgan fingerprint density at radius 2 is 2.17 bits per heavy atom. The summed E-state index contributed by atoms with van der Waals surface area (Å²) >= 11 is 5.63. The number of benzene rings is 1. The average Bonchev–Trinajstić information content (AvgIpc) is 2.08. The fourth-order valence-electron chi connectivity index (χ4n) is 0.861. The predicted octanol–water partition coefficient (Wildman–Crippen LogP) is 2.24. The van der Waals surface area contributed by atoms with Crippen molar-refractivity contribution >= 4 is 17.3 Å². The third kappa shape index (κ3) is 1.51. The molecule has 0 bridgehead atoms. The highest BCUT2D eigenvalue weighted by atomic mass is 35.5. The van der Waals surface area contributed by atoms with Crippen LogP contribution >= 0.6 is 11.6 Å². The zero-order chi connectivity index (χ0) is 9.14. The predicted molar refractivity (Wildman–Crippen MR) is 47.1 cm³/mol. The number of phenolic OH excluding ortho intramolecular Hbond substituents is 1. The summed E-state index contributed by atoms with van der Waals surface area (Å²) in [6.45, 7) is 1.57. The summed E-state index contributed by atoms with van der Waals surface area (Å²) in [4.78, 5) is 0. The van der Waals surface area contributed by atoms with Crippen LogP contribution in [0.3, 0.4) is 0 Å². The van der Waals surface area contributed by atoms with Crippen molar-refractivity contribution in [3.05, 3.63) is 28.8 Å². The Kier molecular flexibility index (Phi) is 2.55. The normalized spacial score (nSPS) is 11.7. The number of para-hydroxylation sites is 1. The smallest absolute Gasteiger partial charge is 0.143 e. The molecule has 0 saturated carbocycles. The maximum atomic E-state index is 9.38. The molecule has 0 saturated heterocycles. The van der Waals surface area contributed by atoms with E-state index in [9.17, 15) is 5.11 Å². The van der Waals surface area contributed by atoms with Gasteiger partial charge in [-0.25, -0.2) is 0 Å². The van der Waals surface area contributed by atoms with Crippen molar-refractivity contribution in [3.8, 4) is 5.75 Å². The van der Waals surface area contributed by atoms with Crippen molar-refractivity contribution < 1.29 is 10.3 Å². The van der Waals surface area contributed by atoms with E-state index in [4.69, 9.17) is 16.8 Å². The highest BCUT2D eigenvalue weighted by Gasteiger charge is 2.07. The van der Waals surface area contributed by atoms with Gasteiger partial charge in [0.1, 0.15) is 5.75 Å². The van der Waals surface area contributed by atoms with Crippen molar-refractivity contribution in [1.29, 1.82) is 0 Å². The molecule has 0 aliphatic carbocycles. The second-order valence-corrected chi connectivity index (χ2v) is 2.73. The van der Waals surface area contributed by atoms with Crippen molar-refractivity contribution in [1.82, 2.24) is 0 Å². The summed E-state index contributed by atoms with van der Waals surface area (Å²) in [5.74, 6) is -0.0607. The Bertz CT molecular complexity index is 323. The summed E-state index contributed by atoms with van der Waals surface area (Å²) in [7, 11) is 0. The highest BCUT2D eigenvalue weighted by Crippen LogP contribution is 2.27. The van der Waals surface area contributed by atoms with E-state index in [-0.39, 0.29) is 10.8 Å². The zero-order valence-electron chi connectivity index (χ0n) is 6.45. The first-order valence-corrected chi connectivity index (χ1v) is 3.71. The van der Waals surface area contributed by atoms with Crippen LogP contribution in [0.1, 0.15) is 12.5 Å². The van der Waals surface area contributed by atoms with E-state index in [1.54, 1.807) is 25.1 Å². The molecule has 0 radical (unpaired) electrons. The van der Waals surface area contributed by atoms with E-state index < -0.39 is 0 Å². The molecule has 64 valence electrons. The molecule has 1 rings (SSSR count). The number of nitrogens with zero attached hydrogens (tertiary/aromatic N) is 1. The average molecular weight is 186 g/mol. The first-order valence-electron chi connectivity index (χ1n) is 3.33. The van der Waals surface area contributed by atoms with Crippen LogP contribution < -0.4 is 0 Å². The van der Waals surface area contributed by atoms with Gasteiger partial charge in [0.15, 0.2) is 0 Å². The van der Waals surface area contributed by atoms with Crippen molar-refractivity contribution in [2.24, 2.45) is 5.16 Å². The van der Waals surface area contributed by atoms with Gasteiger partial charge >= 0.3 is 0 Å². The molecule has 0 aromatic heterocycles. The highest BCUT2D eigenvalue weighted by molar-refractivity contribution is 6.32. The first kappa shape index (κ1) is 8.87. The van der Waals surface area contributed by atoms with Crippen LogP contribution in [-0.2, 0) is 0 Å². The van der Waals surface area contributed by atoms with Gasteiger partial charge in [-0.1, -0.05) is 22.8 Å². The van der Waals surface area contributed by atoms with E-state index in [1.165, 1.54) is 0 Å². The summed E-state index contributed by atoms with van der Waals surface area (Å²) in [5, 5.41) is 21.0.